The number of aromatic nitrogens is 1. The Hall–Kier alpha value is -0.840. The molecule has 1 unspecified atom stereocenters. The van der Waals surface area contributed by atoms with Crippen LogP contribution in [0.2, 0.25) is 5.02 Å². The Morgan fingerprint density at radius 1 is 1.47 bits per heavy atom. The van der Waals surface area contributed by atoms with Gasteiger partial charge in [0.15, 0.2) is 5.13 Å². The quantitative estimate of drug-likeness (QED) is 0.896. The van der Waals surface area contributed by atoms with Crippen LogP contribution in [0.5, 0.6) is 0 Å². The summed E-state index contributed by atoms with van der Waals surface area (Å²) in [4.78, 5) is 4.60. The Balaban J connectivity index is 1.80. The monoisotopic (exact) mass is 296 g/mol. The molecule has 2 heterocycles. The van der Waals surface area contributed by atoms with E-state index in [2.05, 4.69) is 24.1 Å². The number of thiazole rings is 1. The largest absolute Gasteiger partial charge is 0.375 e. The van der Waals surface area contributed by atoms with Gasteiger partial charge in [-0.25, -0.2) is 4.98 Å². The number of hydrogen-bond acceptors (Lipinski definition) is 4. The third kappa shape index (κ3) is 2.86. The van der Waals surface area contributed by atoms with E-state index in [0.29, 0.717) is 6.04 Å². The minimum Gasteiger partial charge on any atom is -0.375 e. The fourth-order valence-corrected chi connectivity index (χ4v) is 3.74. The summed E-state index contributed by atoms with van der Waals surface area (Å²) in [5.41, 5.74) is 0.913. The molecule has 102 valence electrons. The van der Waals surface area contributed by atoms with Crippen molar-refractivity contribution in [1.29, 1.82) is 0 Å². The Kier molecular flexibility index (Phi) is 3.41. The lowest BCUT2D eigenvalue weighted by Crippen LogP contribution is -2.40. The number of rotatable bonds is 2. The minimum atomic E-state index is -0.0513. The van der Waals surface area contributed by atoms with Crippen LogP contribution >= 0.6 is 22.9 Å². The first kappa shape index (κ1) is 13.2. The van der Waals surface area contributed by atoms with Crippen LogP contribution in [0.25, 0.3) is 10.2 Å². The molecular weight excluding hydrogens is 280 g/mol. The fraction of sp³-hybridized carbons (Fsp3) is 0.500. The van der Waals surface area contributed by atoms with Crippen molar-refractivity contribution >= 4 is 38.3 Å². The number of benzene rings is 1. The number of hydrogen-bond donors (Lipinski definition) is 1. The topological polar surface area (TPSA) is 34.2 Å². The number of anilines is 1. The maximum Gasteiger partial charge on any atom is 0.184 e. The van der Waals surface area contributed by atoms with Crippen molar-refractivity contribution in [3.63, 3.8) is 0 Å². The normalized spacial score (nSPS) is 22.6. The number of ether oxygens (including phenoxy) is 1. The van der Waals surface area contributed by atoms with Crippen molar-refractivity contribution in [2.24, 2.45) is 0 Å². The summed E-state index contributed by atoms with van der Waals surface area (Å²) in [6.45, 7) is 5.07. The molecule has 1 aliphatic rings. The van der Waals surface area contributed by atoms with Crippen LogP contribution in [0.3, 0.4) is 0 Å². The molecule has 1 atom stereocenters. The zero-order valence-corrected chi connectivity index (χ0v) is 12.6. The van der Waals surface area contributed by atoms with E-state index in [0.717, 1.165) is 39.8 Å². The van der Waals surface area contributed by atoms with E-state index in [9.17, 15) is 0 Å². The molecule has 1 aliphatic heterocycles. The van der Waals surface area contributed by atoms with Gasteiger partial charge in [-0.05, 0) is 38.8 Å². The van der Waals surface area contributed by atoms with Crippen molar-refractivity contribution in [3.8, 4) is 0 Å². The van der Waals surface area contributed by atoms with Gasteiger partial charge in [-0.3, -0.25) is 0 Å². The molecule has 1 saturated heterocycles. The molecule has 3 nitrogen and oxygen atoms in total. The van der Waals surface area contributed by atoms with Crippen LogP contribution in [-0.2, 0) is 4.74 Å². The van der Waals surface area contributed by atoms with Crippen LogP contribution in [0.15, 0.2) is 18.2 Å². The third-order valence-corrected chi connectivity index (χ3v) is 4.85. The van der Waals surface area contributed by atoms with Gasteiger partial charge in [-0.15, -0.1) is 0 Å². The average molecular weight is 297 g/mol. The van der Waals surface area contributed by atoms with E-state index < -0.39 is 0 Å². The fourth-order valence-electron chi connectivity index (χ4n) is 2.51. The third-order valence-electron chi connectivity index (χ3n) is 3.39. The summed E-state index contributed by atoms with van der Waals surface area (Å²) >= 11 is 7.80. The second kappa shape index (κ2) is 4.93. The Morgan fingerprint density at radius 3 is 3.05 bits per heavy atom. The zero-order valence-electron chi connectivity index (χ0n) is 11.1. The molecule has 1 aromatic heterocycles. The zero-order chi connectivity index (χ0) is 13.5. The second-order valence-electron chi connectivity index (χ2n) is 5.55. The molecule has 0 amide bonds. The summed E-state index contributed by atoms with van der Waals surface area (Å²) in [5, 5.41) is 5.25. The van der Waals surface area contributed by atoms with E-state index in [1.54, 1.807) is 11.3 Å². The van der Waals surface area contributed by atoms with Crippen molar-refractivity contribution in [1.82, 2.24) is 4.98 Å². The number of nitrogens with zero attached hydrogens (tertiary/aromatic N) is 1. The Labute approximate surface area is 121 Å². The van der Waals surface area contributed by atoms with Gasteiger partial charge in [0.1, 0.15) is 0 Å². The lowest BCUT2D eigenvalue weighted by Gasteiger charge is -2.35. The highest BCUT2D eigenvalue weighted by atomic mass is 35.5. The first-order valence-corrected chi connectivity index (χ1v) is 7.68. The van der Waals surface area contributed by atoms with Crippen LogP contribution in [0.4, 0.5) is 5.13 Å². The molecule has 0 aliphatic carbocycles. The van der Waals surface area contributed by atoms with Gasteiger partial charge in [0.05, 0.1) is 20.8 Å². The maximum absolute atomic E-state index is 6.18. The smallest absolute Gasteiger partial charge is 0.184 e. The lowest BCUT2D eigenvalue weighted by atomic mass is 9.94. The molecule has 1 N–H and O–H groups in total. The van der Waals surface area contributed by atoms with E-state index in [1.807, 2.05) is 18.2 Å². The van der Waals surface area contributed by atoms with Gasteiger partial charge in [0.2, 0.25) is 0 Å². The molecular formula is C14H17ClN2OS. The first-order chi connectivity index (χ1) is 9.03. The highest BCUT2D eigenvalue weighted by Crippen LogP contribution is 2.33. The van der Waals surface area contributed by atoms with Crippen LogP contribution in [-0.4, -0.2) is 23.2 Å². The first-order valence-electron chi connectivity index (χ1n) is 6.49. The summed E-state index contributed by atoms with van der Waals surface area (Å²) in [6, 6.07) is 6.26. The molecule has 0 spiro atoms. The van der Waals surface area contributed by atoms with E-state index in [-0.39, 0.29) is 5.60 Å². The van der Waals surface area contributed by atoms with Crippen LogP contribution in [0, 0.1) is 0 Å². The van der Waals surface area contributed by atoms with E-state index in [1.165, 1.54) is 0 Å². The van der Waals surface area contributed by atoms with Crippen molar-refractivity contribution in [3.05, 3.63) is 23.2 Å². The summed E-state index contributed by atoms with van der Waals surface area (Å²) < 4.78 is 6.79. The maximum atomic E-state index is 6.18. The molecule has 0 saturated carbocycles. The molecule has 0 bridgehead atoms. The van der Waals surface area contributed by atoms with Crippen LogP contribution in [0.1, 0.15) is 26.7 Å². The molecule has 1 fully saturated rings. The van der Waals surface area contributed by atoms with Gasteiger partial charge in [0, 0.05) is 12.6 Å². The Bertz CT molecular complexity index is 596. The van der Waals surface area contributed by atoms with Crippen molar-refractivity contribution < 1.29 is 4.74 Å². The molecule has 19 heavy (non-hydrogen) atoms. The number of fused-ring (bicyclic) bond motifs is 1. The summed E-state index contributed by atoms with van der Waals surface area (Å²) in [6.07, 6.45) is 2.02. The highest BCUT2D eigenvalue weighted by molar-refractivity contribution is 7.22. The second-order valence-corrected chi connectivity index (χ2v) is 6.96. The SMILES string of the molecule is CC1(C)CC(Nc2nc3cccc(Cl)c3s2)CCO1. The Morgan fingerprint density at radius 2 is 2.32 bits per heavy atom. The van der Waals surface area contributed by atoms with E-state index in [4.69, 9.17) is 16.3 Å². The van der Waals surface area contributed by atoms with E-state index >= 15 is 0 Å². The van der Waals surface area contributed by atoms with Gasteiger partial charge < -0.3 is 10.1 Å². The summed E-state index contributed by atoms with van der Waals surface area (Å²) in [5.74, 6) is 0. The molecule has 3 rings (SSSR count). The molecule has 0 radical (unpaired) electrons. The number of nitrogens with one attached hydrogen (secondary N) is 1. The van der Waals surface area contributed by atoms with Gasteiger partial charge in [-0.2, -0.15) is 0 Å². The van der Waals surface area contributed by atoms with Gasteiger partial charge in [-0.1, -0.05) is 29.0 Å². The van der Waals surface area contributed by atoms with Gasteiger partial charge in [0.25, 0.3) is 0 Å². The molecule has 5 heteroatoms. The predicted molar refractivity (Wildman–Crippen MR) is 81.3 cm³/mol. The standard InChI is InChI=1S/C14H17ClN2OS/c1-14(2)8-9(6-7-18-14)16-13-17-11-5-3-4-10(15)12(11)19-13/h3-5,9H,6-8H2,1-2H3,(H,16,17). The van der Waals surface area contributed by atoms with Crippen molar-refractivity contribution in [2.45, 2.75) is 38.3 Å². The summed E-state index contributed by atoms with van der Waals surface area (Å²) in [7, 11) is 0. The molecule has 2 aromatic rings. The lowest BCUT2D eigenvalue weighted by molar-refractivity contribution is -0.0553. The van der Waals surface area contributed by atoms with Gasteiger partial charge >= 0.3 is 0 Å². The molecule has 1 aromatic carbocycles. The number of halogens is 1. The highest BCUT2D eigenvalue weighted by Gasteiger charge is 2.29. The minimum absolute atomic E-state index is 0.0513. The van der Waals surface area contributed by atoms with Crippen molar-refractivity contribution in [2.75, 3.05) is 11.9 Å². The average Bonchev–Trinajstić information content (AvgIpc) is 2.71. The predicted octanol–water partition coefficient (Wildman–Crippen LogP) is 4.32. The van der Waals surface area contributed by atoms with Crippen LogP contribution < -0.4 is 5.32 Å².